The minimum absolute atomic E-state index is 0.282. The van der Waals surface area contributed by atoms with Crippen LogP contribution in [0.1, 0.15) is 19.0 Å². The molecule has 12 heavy (non-hydrogen) atoms. The van der Waals surface area contributed by atoms with Gasteiger partial charge in [-0.15, -0.1) is 0 Å². The molecule has 0 amide bonds. The summed E-state index contributed by atoms with van der Waals surface area (Å²) >= 11 is 5.81. The Kier molecular flexibility index (Phi) is 3.12. The predicted molar refractivity (Wildman–Crippen MR) is 48.2 cm³/mol. The summed E-state index contributed by atoms with van der Waals surface area (Å²) in [6, 6.07) is 0. The Morgan fingerprint density at radius 1 is 1.75 bits per heavy atom. The van der Waals surface area contributed by atoms with E-state index in [9.17, 15) is 0 Å². The average molecular weight is 189 g/mol. The van der Waals surface area contributed by atoms with E-state index >= 15 is 0 Å². The minimum Gasteiger partial charge on any atom is -0.393 e. The molecule has 0 fully saturated rings. The fourth-order valence-electron chi connectivity index (χ4n) is 1.05. The van der Waals surface area contributed by atoms with Crippen molar-refractivity contribution in [3.63, 3.8) is 0 Å². The summed E-state index contributed by atoms with van der Waals surface area (Å²) in [5.74, 6) is 0. The van der Waals surface area contributed by atoms with Gasteiger partial charge in [-0.05, 0) is 19.8 Å². The molecule has 1 N–H and O–H groups in total. The Bertz CT molecular complexity index is 238. The maximum atomic E-state index is 9.06. The molecule has 0 saturated heterocycles. The van der Waals surface area contributed by atoms with Crippen LogP contribution < -0.4 is 0 Å². The lowest BCUT2D eigenvalue weighted by Gasteiger charge is -2.04. The molecule has 4 heteroatoms. The van der Waals surface area contributed by atoms with Gasteiger partial charge in [-0.1, -0.05) is 11.6 Å². The number of aromatic nitrogens is 2. The smallest absolute Gasteiger partial charge is 0.150 e. The molecule has 1 rings (SSSR count). The summed E-state index contributed by atoms with van der Waals surface area (Å²) < 4.78 is 1.88. The van der Waals surface area contributed by atoms with E-state index in [1.165, 1.54) is 0 Å². The largest absolute Gasteiger partial charge is 0.393 e. The van der Waals surface area contributed by atoms with Crippen LogP contribution in [-0.4, -0.2) is 20.8 Å². The van der Waals surface area contributed by atoms with Gasteiger partial charge in [-0.3, -0.25) is 0 Å². The van der Waals surface area contributed by atoms with Gasteiger partial charge in [0.05, 0.1) is 18.1 Å². The van der Waals surface area contributed by atoms with Gasteiger partial charge in [0.1, 0.15) is 5.15 Å². The molecule has 0 saturated carbocycles. The SMILES string of the molecule is C[C@H](O)CCc1c(Cl)ncn1C. The summed E-state index contributed by atoms with van der Waals surface area (Å²) in [5, 5.41) is 9.60. The first kappa shape index (κ1) is 9.55. The van der Waals surface area contributed by atoms with Crippen molar-refractivity contribution in [3.8, 4) is 0 Å². The molecule has 0 aliphatic heterocycles. The Morgan fingerprint density at radius 3 is 2.83 bits per heavy atom. The molecule has 0 unspecified atom stereocenters. The summed E-state index contributed by atoms with van der Waals surface area (Å²) in [4.78, 5) is 3.94. The van der Waals surface area contributed by atoms with Gasteiger partial charge in [-0.2, -0.15) is 0 Å². The fraction of sp³-hybridized carbons (Fsp3) is 0.625. The molecule has 1 aromatic heterocycles. The van der Waals surface area contributed by atoms with Crippen LogP contribution in [0.3, 0.4) is 0 Å². The van der Waals surface area contributed by atoms with Gasteiger partial charge < -0.3 is 9.67 Å². The lowest BCUT2D eigenvalue weighted by atomic mass is 10.2. The highest BCUT2D eigenvalue weighted by Gasteiger charge is 2.06. The van der Waals surface area contributed by atoms with Crippen molar-refractivity contribution in [2.75, 3.05) is 0 Å². The molecule has 0 aliphatic carbocycles. The van der Waals surface area contributed by atoms with E-state index < -0.39 is 0 Å². The number of aliphatic hydroxyl groups is 1. The van der Waals surface area contributed by atoms with E-state index in [2.05, 4.69) is 4.98 Å². The van der Waals surface area contributed by atoms with E-state index in [1.807, 2.05) is 11.6 Å². The van der Waals surface area contributed by atoms with Crippen molar-refractivity contribution in [2.45, 2.75) is 25.9 Å². The number of aryl methyl sites for hydroxylation is 1. The average Bonchev–Trinajstić information content (AvgIpc) is 2.28. The Balaban J connectivity index is 2.62. The zero-order chi connectivity index (χ0) is 9.14. The van der Waals surface area contributed by atoms with Crippen molar-refractivity contribution in [3.05, 3.63) is 17.2 Å². The fourth-order valence-corrected chi connectivity index (χ4v) is 1.32. The van der Waals surface area contributed by atoms with Crippen LogP contribution in [0.25, 0.3) is 0 Å². The molecule has 0 aliphatic rings. The van der Waals surface area contributed by atoms with Crippen molar-refractivity contribution in [1.29, 1.82) is 0 Å². The highest BCUT2D eigenvalue weighted by Crippen LogP contribution is 2.14. The minimum atomic E-state index is -0.282. The monoisotopic (exact) mass is 188 g/mol. The number of hydrogen-bond acceptors (Lipinski definition) is 2. The number of halogens is 1. The molecule has 0 spiro atoms. The quantitative estimate of drug-likeness (QED) is 0.779. The van der Waals surface area contributed by atoms with Gasteiger partial charge in [0.25, 0.3) is 0 Å². The van der Waals surface area contributed by atoms with Crippen LogP contribution in [0.2, 0.25) is 5.15 Å². The first-order valence-corrected chi connectivity index (χ1v) is 4.33. The standard InChI is InChI=1S/C8H13ClN2O/c1-6(12)3-4-7-8(9)10-5-11(7)2/h5-6,12H,3-4H2,1-2H3/t6-/m0/s1. The van der Waals surface area contributed by atoms with Gasteiger partial charge in [0.15, 0.2) is 0 Å². The lowest BCUT2D eigenvalue weighted by molar-refractivity contribution is 0.184. The number of imidazole rings is 1. The molecular weight excluding hydrogens is 176 g/mol. The van der Waals surface area contributed by atoms with E-state index in [0.29, 0.717) is 5.15 Å². The van der Waals surface area contributed by atoms with Gasteiger partial charge >= 0.3 is 0 Å². The van der Waals surface area contributed by atoms with Gasteiger partial charge in [0.2, 0.25) is 0 Å². The van der Waals surface area contributed by atoms with Crippen molar-refractivity contribution in [1.82, 2.24) is 9.55 Å². The lowest BCUT2D eigenvalue weighted by Crippen LogP contribution is -2.04. The molecule has 0 radical (unpaired) electrons. The molecule has 0 aromatic carbocycles. The third kappa shape index (κ3) is 2.22. The van der Waals surface area contributed by atoms with Crippen molar-refractivity contribution < 1.29 is 5.11 Å². The molecule has 1 heterocycles. The third-order valence-corrected chi connectivity index (χ3v) is 2.12. The van der Waals surface area contributed by atoms with Gasteiger partial charge in [-0.25, -0.2) is 4.98 Å². The highest BCUT2D eigenvalue weighted by atomic mass is 35.5. The first-order chi connectivity index (χ1) is 5.61. The normalized spacial score (nSPS) is 13.3. The third-order valence-electron chi connectivity index (χ3n) is 1.81. The maximum Gasteiger partial charge on any atom is 0.150 e. The molecule has 3 nitrogen and oxygen atoms in total. The van der Waals surface area contributed by atoms with E-state index in [1.54, 1.807) is 13.3 Å². The maximum absolute atomic E-state index is 9.06. The number of aliphatic hydroxyl groups excluding tert-OH is 1. The van der Waals surface area contributed by atoms with Crippen LogP contribution in [0.15, 0.2) is 6.33 Å². The van der Waals surface area contributed by atoms with Crippen LogP contribution in [-0.2, 0) is 13.5 Å². The van der Waals surface area contributed by atoms with Gasteiger partial charge in [0, 0.05) is 7.05 Å². The Morgan fingerprint density at radius 2 is 2.42 bits per heavy atom. The van der Waals surface area contributed by atoms with Crippen molar-refractivity contribution >= 4 is 11.6 Å². The molecule has 0 bridgehead atoms. The Labute approximate surface area is 77.0 Å². The second-order valence-electron chi connectivity index (χ2n) is 2.98. The zero-order valence-corrected chi connectivity index (χ0v) is 8.04. The number of rotatable bonds is 3. The number of hydrogen-bond donors (Lipinski definition) is 1. The topological polar surface area (TPSA) is 38.1 Å². The van der Waals surface area contributed by atoms with E-state index in [4.69, 9.17) is 16.7 Å². The molecule has 68 valence electrons. The highest BCUT2D eigenvalue weighted by molar-refractivity contribution is 6.30. The zero-order valence-electron chi connectivity index (χ0n) is 7.29. The summed E-state index contributed by atoms with van der Waals surface area (Å²) in [6.45, 7) is 1.77. The Hall–Kier alpha value is -0.540. The predicted octanol–water partition coefficient (Wildman–Crippen LogP) is 1.39. The van der Waals surface area contributed by atoms with E-state index in [-0.39, 0.29) is 6.10 Å². The van der Waals surface area contributed by atoms with Crippen molar-refractivity contribution in [2.24, 2.45) is 7.05 Å². The summed E-state index contributed by atoms with van der Waals surface area (Å²) in [5.41, 5.74) is 0.984. The van der Waals surface area contributed by atoms with E-state index in [0.717, 1.165) is 18.5 Å². The molecule has 1 aromatic rings. The summed E-state index contributed by atoms with van der Waals surface area (Å²) in [6.07, 6.45) is 2.89. The first-order valence-electron chi connectivity index (χ1n) is 3.95. The number of nitrogens with zero attached hydrogens (tertiary/aromatic N) is 2. The van der Waals surface area contributed by atoms with Crippen LogP contribution in [0, 0.1) is 0 Å². The molecular formula is C8H13ClN2O. The second kappa shape index (κ2) is 3.92. The van der Waals surface area contributed by atoms with Crippen LogP contribution >= 0.6 is 11.6 Å². The second-order valence-corrected chi connectivity index (χ2v) is 3.34. The van der Waals surface area contributed by atoms with Crippen LogP contribution in [0.5, 0.6) is 0 Å². The molecule has 1 atom stereocenters. The summed E-state index contributed by atoms with van der Waals surface area (Å²) in [7, 11) is 1.90. The van der Waals surface area contributed by atoms with Crippen LogP contribution in [0.4, 0.5) is 0 Å².